The summed E-state index contributed by atoms with van der Waals surface area (Å²) >= 11 is 1.48. The predicted octanol–water partition coefficient (Wildman–Crippen LogP) is 3.05. The van der Waals surface area contributed by atoms with Crippen LogP contribution in [0.15, 0.2) is 35.7 Å². The van der Waals surface area contributed by atoms with Gasteiger partial charge in [0.15, 0.2) is 0 Å². The van der Waals surface area contributed by atoms with Crippen LogP contribution in [0.2, 0.25) is 0 Å². The van der Waals surface area contributed by atoms with Gasteiger partial charge in [0.1, 0.15) is 12.1 Å². The zero-order chi connectivity index (χ0) is 32.6. The number of benzene rings is 1. The number of nitrogens with one attached hydrogen (secondary N) is 3. The van der Waals surface area contributed by atoms with Gasteiger partial charge in [0.05, 0.1) is 29.4 Å². The van der Waals surface area contributed by atoms with Crippen molar-refractivity contribution < 1.29 is 24.6 Å². The van der Waals surface area contributed by atoms with E-state index in [2.05, 4.69) is 20.9 Å². The Balaban J connectivity index is 1.84. The number of carboxylic acid groups (broad SMARTS) is 1. The number of hydrogen-bond donors (Lipinski definition) is 5. The maximum absolute atomic E-state index is 13.9. The largest absolute Gasteiger partial charge is 0.465 e. The van der Waals surface area contributed by atoms with Gasteiger partial charge in [0.2, 0.25) is 11.8 Å². The molecule has 2 heterocycles. The van der Waals surface area contributed by atoms with Crippen molar-refractivity contribution in [1.82, 2.24) is 30.7 Å². The van der Waals surface area contributed by atoms with Crippen LogP contribution >= 0.6 is 11.3 Å². The lowest BCUT2D eigenvalue weighted by Crippen LogP contribution is -2.63. The molecule has 0 spiro atoms. The number of piperazine rings is 1. The summed E-state index contributed by atoms with van der Waals surface area (Å²) in [6.45, 7) is 15.3. The van der Waals surface area contributed by atoms with Crippen LogP contribution in [0.5, 0.6) is 0 Å². The van der Waals surface area contributed by atoms with Crippen molar-refractivity contribution in [2.24, 2.45) is 5.92 Å². The Morgan fingerprint density at radius 1 is 1.16 bits per heavy atom. The molecule has 0 bridgehead atoms. The molecule has 5 N–H and O–H groups in total. The molecule has 3 amide bonds. The maximum atomic E-state index is 13.9. The molecule has 1 aromatic heterocycles. The zero-order valence-electron chi connectivity index (χ0n) is 27.0. The van der Waals surface area contributed by atoms with Crippen molar-refractivity contribution in [2.75, 3.05) is 26.2 Å². The zero-order valence-corrected chi connectivity index (χ0v) is 27.9. The summed E-state index contributed by atoms with van der Waals surface area (Å²) in [5.41, 5.74) is 1.11. The van der Waals surface area contributed by atoms with E-state index >= 15 is 0 Å². The first kappa shape index (κ1) is 35.4. The van der Waals surface area contributed by atoms with Crippen molar-refractivity contribution in [3.05, 3.63) is 52.0 Å². The van der Waals surface area contributed by atoms with Crippen LogP contribution in [0.25, 0.3) is 0 Å². The second-order valence-electron chi connectivity index (χ2n) is 13.3. The lowest BCUT2D eigenvalue weighted by Gasteiger charge is -2.39. The molecule has 0 saturated carbocycles. The number of aliphatic hydroxyl groups is 1. The summed E-state index contributed by atoms with van der Waals surface area (Å²) in [6.07, 6.45) is -1.91. The van der Waals surface area contributed by atoms with Gasteiger partial charge in [-0.05, 0) is 38.7 Å². The van der Waals surface area contributed by atoms with Gasteiger partial charge in [-0.25, -0.2) is 9.78 Å². The summed E-state index contributed by atoms with van der Waals surface area (Å²) in [5, 5.41) is 33.9. The normalized spacial score (nSPS) is 18.1. The van der Waals surface area contributed by atoms with Crippen LogP contribution in [-0.4, -0.2) is 98.9 Å². The molecular weight excluding hydrogens is 580 g/mol. The molecule has 1 aromatic carbocycles. The Kier molecular flexibility index (Phi) is 12.7. The number of β-amino-alcohol motifs (C(OH)–C–C–N with tert-alkyl or cyclic N) is 1. The molecular formula is C32H50N6O5S. The summed E-state index contributed by atoms with van der Waals surface area (Å²) in [7, 11) is 0. The van der Waals surface area contributed by atoms with Crippen LogP contribution in [0.3, 0.4) is 0 Å². The van der Waals surface area contributed by atoms with Crippen molar-refractivity contribution in [2.45, 2.75) is 97.1 Å². The number of hydrogen-bond acceptors (Lipinski definition) is 8. The number of amides is 3. The molecule has 1 fully saturated rings. The van der Waals surface area contributed by atoms with Gasteiger partial charge >= 0.3 is 6.09 Å². The molecule has 244 valence electrons. The molecule has 1 saturated heterocycles. The highest BCUT2D eigenvalue weighted by Crippen LogP contribution is 2.23. The first-order valence-electron chi connectivity index (χ1n) is 15.4. The van der Waals surface area contributed by atoms with Crippen molar-refractivity contribution >= 4 is 29.2 Å². The molecule has 4 atom stereocenters. The predicted molar refractivity (Wildman–Crippen MR) is 173 cm³/mol. The van der Waals surface area contributed by atoms with Gasteiger partial charge in [-0.1, -0.05) is 58.0 Å². The van der Waals surface area contributed by atoms with E-state index in [9.17, 15) is 24.6 Å². The van der Waals surface area contributed by atoms with E-state index in [4.69, 9.17) is 0 Å². The van der Waals surface area contributed by atoms with Crippen LogP contribution in [0.1, 0.15) is 70.6 Å². The fourth-order valence-corrected chi connectivity index (χ4v) is 6.21. The van der Waals surface area contributed by atoms with Gasteiger partial charge in [0, 0.05) is 43.0 Å². The second-order valence-corrected chi connectivity index (χ2v) is 14.1. The van der Waals surface area contributed by atoms with Crippen molar-refractivity contribution in [3.8, 4) is 0 Å². The number of aromatic nitrogens is 1. The van der Waals surface area contributed by atoms with E-state index in [1.165, 1.54) is 11.3 Å². The lowest BCUT2D eigenvalue weighted by atomic mass is 9.97. The van der Waals surface area contributed by atoms with E-state index in [0.29, 0.717) is 31.7 Å². The maximum Gasteiger partial charge on any atom is 0.408 e. The van der Waals surface area contributed by atoms with E-state index in [1.54, 1.807) is 0 Å². The third-order valence-corrected chi connectivity index (χ3v) is 8.74. The molecule has 0 aliphatic carbocycles. The summed E-state index contributed by atoms with van der Waals surface area (Å²) in [5.74, 6) is -0.738. The summed E-state index contributed by atoms with van der Waals surface area (Å²) < 4.78 is 0. The Labute approximate surface area is 265 Å². The summed E-state index contributed by atoms with van der Waals surface area (Å²) in [4.78, 5) is 47.2. The average Bonchev–Trinajstić information content (AvgIpc) is 3.41. The Morgan fingerprint density at radius 2 is 1.84 bits per heavy atom. The highest BCUT2D eigenvalue weighted by atomic mass is 32.1. The number of carbonyl (C=O) groups is 3. The van der Waals surface area contributed by atoms with Crippen LogP contribution in [0, 0.1) is 5.92 Å². The lowest BCUT2D eigenvalue weighted by molar-refractivity contribution is -0.131. The number of thiazole rings is 1. The molecule has 44 heavy (non-hydrogen) atoms. The van der Waals surface area contributed by atoms with Crippen molar-refractivity contribution in [3.63, 3.8) is 0 Å². The number of nitrogens with zero attached hydrogens (tertiary/aromatic N) is 3. The third kappa shape index (κ3) is 10.3. The smallest absolute Gasteiger partial charge is 0.408 e. The second kappa shape index (κ2) is 15.8. The van der Waals surface area contributed by atoms with Crippen LogP contribution in [0.4, 0.5) is 4.79 Å². The minimum Gasteiger partial charge on any atom is -0.465 e. The molecule has 0 unspecified atom stereocenters. The molecule has 11 nitrogen and oxygen atoms in total. The molecule has 1 aliphatic heterocycles. The Hall–Kier alpha value is -3.06. The quantitative estimate of drug-likeness (QED) is 0.227. The van der Waals surface area contributed by atoms with Gasteiger partial charge < -0.3 is 26.2 Å². The Bertz CT molecular complexity index is 1230. The van der Waals surface area contributed by atoms with Crippen LogP contribution in [-0.2, 0) is 22.6 Å². The standard InChI is InChI=1S/C32H50N6O5S/c1-20(2)27(38(31(42)43)17-23-19-44-30(34-23)21(3)4)29(41)35-24(15-22-11-9-8-10-12-22)26(39)18-37-14-13-33-16-25(37)28(40)36-32(5,6)7/h8-12,19-21,24-27,33,39H,13-18H2,1-7H3,(H,35,41)(H,36,40)(H,42,43)/t24-,25-,26+,27-/m0/s1. The first-order chi connectivity index (χ1) is 20.7. The van der Waals surface area contributed by atoms with Gasteiger partial charge in [0.25, 0.3) is 0 Å². The van der Waals surface area contributed by atoms with E-state index in [1.807, 2.05) is 89.1 Å². The van der Waals surface area contributed by atoms with E-state index in [0.717, 1.165) is 15.5 Å². The topological polar surface area (TPSA) is 147 Å². The number of carbonyl (C=O) groups excluding carboxylic acids is 2. The molecule has 2 aromatic rings. The van der Waals surface area contributed by atoms with Crippen molar-refractivity contribution in [1.29, 1.82) is 0 Å². The molecule has 3 rings (SSSR count). The SMILES string of the molecule is CC(C)c1nc(CN(C(=O)O)[C@H](C(=O)N[C@@H](Cc2ccccc2)[C@H](O)CN2CCNC[C@H]2C(=O)NC(C)(C)C)C(C)C)cs1. The van der Waals surface area contributed by atoms with Gasteiger partial charge in [-0.15, -0.1) is 11.3 Å². The molecule has 12 heteroatoms. The number of aliphatic hydroxyl groups excluding tert-OH is 1. The highest BCUT2D eigenvalue weighted by Gasteiger charge is 2.37. The highest BCUT2D eigenvalue weighted by molar-refractivity contribution is 7.09. The minimum absolute atomic E-state index is 0.0218. The van der Waals surface area contributed by atoms with Crippen LogP contribution < -0.4 is 16.0 Å². The van der Waals surface area contributed by atoms with E-state index < -0.39 is 41.8 Å². The molecule has 0 radical (unpaired) electrons. The fourth-order valence-electron chi connectivity index (χ4n) is 5.39. The molecule has 1 aliphatic rings. The Morgan fingerprint density at radius 3 is 2.41 bits per heavy atom. The monoisotopic (exact) mass is 630 g/mol. The third-order valence-electron chi connectivity index (χ3n) is 7.54. The number of rotatable bonds is 13. The minimum atomic E-state index is -1.22. The van der Waals surface area contributed by atoms with Gasteiger partial charge in [-0.3, -0.25) is 19.4 Å². The van der Waals surface area contributed by atoms with E-state index in [-0.39, 0.29) is 30.8 Å². The first-order valence-corrected chi connectivity index (χ1v) is 16.3. The fraction of sp³-hybridized carbons (Fsp3) is 0.625. The average molecular weight is 631 g/mol. The van der Waals surface area contributed by atoms with Gasteiger partial charge in [-0.2, -0.15) is 0 Å². The summed E-state index contributed by atoms with van der Waals surface area (Å²) in [6, 6.07) is 7.32.